The van der Waals surface area contributed by atoms with Gasteiger partial charge in [-0.3, -0.25) is 0 Å². The van der Waals surface area contributed by atoms with E-state index in [2.05, 4.69) is 35.8 Å². The van der Waals surface area contributed by atoms with Crippen molar-refractivity contribution in [1.29, 1.82) is 0 Å². The molecule has 0 amide bonds. The number of fused-ring (bicyclic) bond motifs is 1. The van der Waals surface area contributed by atoms with Crippen LogP contribution in [-0.4, -0.2) is 5.11 Å². The van der Waals surface area contributed by atoms with Gasteiger partial charge in [0.05, 0.1) is 0 Å². The summed E-state index contributed by atoms with van der Waals surface area (Å²) in [7, 11) is 0. The second-order valence-corrected chi connectivity index (χ2v) is 4.80. The lowest BCUT2D eigenvalue weighted by Crippen LogP contribution is -2.24. The molecule has 0 fully saturated rings. The van der Waals surface area contributed by atoms with E-state index >= 15 is 0 Å². The first-order valence-corrected chi connectivity index (χ1v) is 6.70. The van der Waals surface area contributed by atoms with Crippen molar-refractivity contribution in [2.75, 3.05) is 0 Å². The summed E-state index contributed by atoms with van der Waals surface area (Å²) in [6.07, 6.45) is 0.799. The average Bonchev–Trinajstić information content (AvgIpc) is 2.50. The highest BCUT2D eigenvalue weighted by molar-refractivity contribution is 5.83. The molecule has 0 aromatic heterocycles. The summed E-state index contributed by atoms with van der Waals surface area (Å²) in [4.78, 5) is 0. The highest BCUT2D eigenvalue weighted by Crippen LogP contribution is 2.30. The highest BCUT2D eigenvalue weighted by Gasteiger charge is 2.27. The van der Waals surface area contributed by atoms with E-state index in [1.54, 1.807) is 13.8 Å². The van der Waals surface area contributed by atoms with Crippen LogP contribution in [0, 0.1) is 23.7 Å². The minimum atomic E-state index is -1.00. The first kappa shape index (κ1) is 14.2. The fourth-order valence-electron chi connectivity index (χ4n) is 2.21. The maximum atomic E-state index is 10.9. The fraction of sp³-hybridized carbons (Fsp3) is 0.263. The number of hydrogen-bond donors (Lipinski definition) is 1. The minimum absolute atomic E-state index is 0.399. The van der Waals surface area contributed by atoms with Crippen LogP contribution in [0.15, 0.2) is 42.5 Å². The van der Waals surface area contributed by atoms with Crippen LogP contribution in [0.1, 0.15) is 32.3 Å². The predicted molar refractivity (Wildman–Crippen MR) is 84.0 cm³/mol. The summed E-state index contributed by atoms with van der Waals surface area (Å²) < 4.78 is 0. The van der Waals surface area contributed by atoms with Crippen molar-refractivity contribution < 1.29 is 5.11 Å². The Morgan fingerprint density at radius 1 is 0.900 bits per heavy atom. The molecule has 0 saturated heterocycles. The Bertz CT molecular complexity index is 698. The topological polar surface area (TPSA) is 20.2 Å². The van der Waals surface area contributed by atoms with Crippen molar-refractivity contribution >= 4 is 10.8 Å². The summed E-state index contributed by atoms with van der Waals surface area (Å²) in [5.41, 5.74) is -0.127. The number of rotatable bonds is 3. The van der Waals surface area contributed by atoms with Crippen LogP contribution in [0.5, 0.6) is 0 Å². The van der Waals surface area contributed by atoms with E-state index in [1.165, 1.54) is 5.39 Å². The van der Waals surface area contributed by atoms with Crippen LogP contribution in [0.3, 0.4) is 0 Å². The second-order valence-electron chi connectivity index (χ2n) is 4.80. The van der Waals surface area contributed by atoms with E-state index < -0.39 is 5.60 Å². The van der Waals surface area contributed by atoms with Crippen molar-refractivity contribution in [3.63, 3.8) is 0 Å². The lowest BCUT2D eigenvalue weighted by atomic mass is 9.86. The Labute approximate surface area is 120 Å². The maximum absolute atomic E-state index is 10.9. The Morgan fingerprint density at radius 2 is 1.50 bits per heavy atom. The zero-order valence-corrected chi connectivity index (χ0v) is 11.9. The van der Waals surface area contributed by atoms with E-state index in [4.69, 9.17) is 0 Å². The minimum Gasteiger partial charge on any atom is -0.383 e. The molecular formula is C19H18O. The zero-order valence-electron chi connectivity index (χ0n) is 11.9. The molecule has 0 spiro atoms. The molecule has 0 bridgehead atoms. The SMILES string of the molecule is CC#CCC(O)(CC#CC)c1ccc2ccccc2c1. The lowest BCUT2D eigenvalue weighted by molar-refractivity contribution is 0.0475. The number of benzene rings is 2. The normalized spacial score (nSPS) is 10.3. The van der Waals surface area contributed by atoms with Crippen LogP contribution in [0.4, 0.5) is 0 Å². The molecule has 2 aromatic carbocycles. The predicted octanol–water partition coefficient (Wildman–Crippen LogP) is 3.85. The molecule has 1 nitrogen and oxygen atoms in total. The first-order valence-electron chi connectivity index (χ1n) is 6.70. The van der Waals surface area contributed by atoms with Crippen LogP contribution >= 0.6 is 0 Å². The molecule has 1 N–H and O–H groups in total. The second kappa shape index (κ2) is 6.29. The third-order valence-corrected chi connectivity index (χ3v) is 3.40. The average molecular weight is 262 g/mol. The quantitative estimate of drug-likeness (QED) is 0.833. The lowest BCUT2D eigenvalue weighted by Gasteiger charge is -2.25. The summed E-state index contributed by atoms with van der Waals surface area (Å²) >= 11 is 0. The maximum Gasteiger partial charge on any atom is 0.111 e. The monoisotopic (exact) mass is 262 g/mol. The van der Waals surface area contributed by atoms with Gasteiger partial charge >= 0.3 is 0 Å². The molecule has 0 unspecified atom stereocenters. The highest BCUT2D eigenvalue weighted by atomic mass is 16.3. The number of aliphatic hydroxyl groups is 1. The standard InChI is InChI=1S/C19H18O/c1-3-5-13-19(20,14-6-4-2)18-12-11-16-9-7-8-10-17(16)15-18/h7-12,15,20H,13-14H2,1-2H3. The Hall–Kier alpha value is -2.22. The van der Waals surface area contributed by atoms with Crippen molar-refractivity contribution in [3.05, 3.63) is 48.0 Å². The number of hydrogen-bond acceptors (Lipinski definition) is 1. The van der Waals surface area contributed by atoms with Gasteiger partial charge in [0.25, 0.3) is 0 Å². The van der Waals surface area contributed by atoms with E-state index in [9.17, 15) is 5.11 Å². The van der Waals surface area contributed by atoms with Crippen molar-refractivity contribution in [3.8, 4) is 23.7 Å². The molecule has 0 radical (unpaired) electrons. The van der Waals surface area contributed by atoms with E-state index in [-0.39, 0.29) is 0 Å². The Morgan fingerprint density at radius 3 is 2.10 bits per heavy atom. The van der Waals surface area contributed by atoms with Crippen molar-refractivity contribution in [2.24, 2.45) is 0 Å². The summed E-state index contributed by atoms with van der Waals surface area (Å²) in [6.45, 7) is 3.57. The van der Waals surface area contributed by atoms with Gasteiger partial charge in [-0.05, 0) is 36.2 Å². The van der Waals surface area contributed by atoms with Gasteiger partial charge in [-0.15, -0.1) is 23.7 Å². The van der Waals surface area contributed by atoms with Gasteiger partial charge in [-0.1, -0.05) is 36.4 Å². The fourth-order valence-corrected chi connectivity index (χ4v) is 2.21. The van der Waals surface area contributed by atoms with Crippen molar-refractivity contribution in [2.45, 2.75) is 32.3 Å². The van der Waals surface area contributed by atoms with Gasteiger partial charge in [0.15, 0.2) is 0 Å². The van der Waals surface area contributed by atoms with Gasteiger partial charge in [-0.2, -0.15) is 0 Å². The zero-order chi connectivity index (χ0) is 14.4. The van der Waals surface area contributed by atoms with Crippen LogP contribution < -0.4 is 0 Å². The third kappa shape index (κ3) is 3.02. The summed E-state index contributed by atoms with van der Waals surface area (Å²) in [5.74, 6) is 11.7. The van der Waals surface area contributed by atoms with Crippen LogP contribution in [-0.2, 0) is 5.60 Å². The van der Waals surface area contributed by atoms with Gasteiger partial charge in [0.1, 0.15) is 5.60 Å². The Kier molecular flexibility index (Phi) is 4.46. The molecular weight excluding hydrogens is 244 g/mol. The van der Waals surface area contributed by atoms with Crippen LogP contribution in [0.25, 0.3) is 10.8 Å². The third-order valence-electron chi connectivity index (χ3n) is 3.40. The van der Waals surface area contributed by atoms with Crippen molar-refractivity contribution in [1.82, 2.24) is 0 Å². The molecule has 0 saturated carbocycles. The summed E-state index contributed by atoms with van der Waals surface area (Å²) in [6, 6.07) is 14.2. The molecule has 20 heavy (non-hydrogen) atoms. The van der Waals surface area contributed by atoms with Gasteiger partial charge in [0, 0.05) is 12.8 Å². The molecule has 0 atom stereocenters. The summed E-state index contributed by atoms with van der Waals surface area (Å²) in [5, 5.41) is 13.2. The van der Waals surface area contributed by atoms with E-state index in [0.29, 0.717) is 12.8 Å². The van der Waals surface area contributed by atoms with E-state index in [0.717, 1.165) is 10.9 Å². The molecule has 2 rings (SSSR count). The van der Waals surface area contributed by atoms with Gasteiger partial charge in [-0.25, -0.2) is 0 Å². The Balaban J connectivity index is 2.47. The first-order chi connectivity index (χ1) is 9.69. The molecule has 0 aliphatic rings. The van der Waals surface area contributed by atoms with E-state index in [1.807, 2.05) is 30.3 Å². The smallest absolute Gasteiger partial charge is 0.111 e. The molecule has 0 heterocycles. The molecule has 2 aromatic rings. The van der Waals surface area contributed by atoms with Gasteiger partial charge in [0.2, 0.25) is 0 Å². The van der Waals surface area contributed by atoms with Gasteiger partial charge < -0.3 is 5.11 Å². The van der Waals surface area contributed by atoms with Crippen LogP contribution in [0.2, 0.25) is 0 Å². The molecule has 100 valence electrons. The largest absolute Gasteiger partial charge is 0.383 e. The molecule has 0 aliphatic carbocycles. The molecule has 1 heteroatoms. The molecule has 0 aliphatic heterocycles.